The Morgan fingerprint density at radius 3 is 2.57 bits per heavy atom. The highest BCUT2D eigenvalue weighted by Gasteiger charge is 2.29. The maximum Gasteiger partial charge on any atom is 0.263 e. The quantitative estimate of drug-likeness (QED) is 0.835. The first kappa shape index (κ1) is 16.3. The summed E-state index contributed by atoms with van der Waals surface area (Å²) in [5, 5.41) is 0. The summed E-state index contributed by atoms with van der Waals surface area (Å²) in [5.41, 5.74) is 1.14. The van der Waals surface area contributed by atoms with Crippen molar-refractivity contribution in [2.75, 3.05) is 13.1 Å². The second-order valence-electron chi connectivity index (χ2n) is 5.69. The lowest BCUT2D eigenvalue weighted by molar-refractivity contribution is -0.149. The maximum absolute atomic E-state index is 12.5. The summed E-state index contributed by atoms with van der Waals surface area (Å²) >= 11 is 3.47. The van der Waals surface area contributed by atoms with Gasteiger partial charge in [-0.1, -0.05) is 6.07 Å². The van der Waals surface area contributed by atoms with Gasteiger partial charge >= 0.3 is 0 Å². The third kappa shape index (κ3) is 4.20. The fraction of sp³-hybridized carbons (Fsp3) is 0.562. The van der Waals surface area contributed by atoms with Crippen molar-refractivity contribution in [2.45, 2.75) is 46.0 Å². The van der Waals surface area contributed by atoms with Gasteiger partial charge in [0.15, 0.2) is 6.10 Å². The number of carbonyl (C=O) groups is 1. The molecule has 1 saturated heterocycles. The average molecular weight is 356 g/mol. The molecule has 0 radical (unpaired) electrons. The lowest BCUT2D eigenvalue weighted by Crippen LogP contribution is -2.51. The van der Waals surface area contributed by atoms with Crippen LogP contribution in [0.25, 0.3) is 0 Å². The molecule has 1 aliphatic rings. The topological polar surface area (TPSA) is 38.8 Å². The number of hydrogen-bond acceptors (Lipinski definition) is 3. The molecular weight excluding hydrogens is 334 g/mol. The summed E-state index contributed by atoms with van der Waals surface area (Å²) in [4.78, 5) is 14.3. The van der Waals surface area contributed by atoms with Gasteiger partial charge in [0.2, 0.25) is 0 Å². The van der Waals surface area contributed by atoms with Crippen LogP contribution in [0, 0.1) is 6.92 Å². The predicted molar refractivity (Wildman–Crippen MR) is 85.6 cm³/mol. The highest BCUT2D eigenvalue weighted by molar-refractivity contribution is 9.10. The Hall–Kier alpha value is -1.07. The predicted octanol–water partition coefficient (Wildman–Crippen LogP) is 3.16. The maximum atomic E-state index is 12.5. The number of benzene rings is 1. The van der Waals surface area contributed by atoms with Gasteiger partial charge in [-0.05, 0) is 61.3 Å². The molecule has 5 heteroatoms. The normalized spacial score (nSPS) is 23.8. The van der Waals surface area contributed by atoms with Gasteiger partial charge in [-0.3, -0.25) is 4.79 Å². The number of halogens is 1. The lowest BCUT2D eigenvalue weighted by atomic mass is 10.2. The SMILES string of the molecule is Cc1ccc(OC(C)C(=O)N2CC(C)OC(C)C2)c(Br)c1. The molecule has 1 aromatic rings. The van der Waals surface area contributed by atoms with E-state index >= 15 is 0 Å². The number of hydrogen-bond donors (Lipinski definition) is 0. The number of carbonyl (C=O) groups excluding carboxylic acids is 1. The van der Waals surface area contributed by atoms with Gasteiger partial charge in [0.25, 0.3) is 5.91 Å². The lowest BCUT2D eigenvalue weighted by Gasteiger charge is -2.36. The molecule has 4 nitrogen and oxygen atoms in total. The molecule has 1 aromatic carbocycles. The molecule has 3 atom stereocenters. The van der Waals surface area contributed by atoms with Crippen LogP contribution in [-0.2, 0) is 9.53 Å². The van der Waals surface area contributed by atoms with Gasteiger partial charge in [-0.15, -0.1) is 0 Å². The monoisotopic (exact) mass is 355 g/mol. The van der Waals surface area contributed by atoms with Gasteiger partial charge in [0, 0.05) is 13.1 Å². The Balaban J connectivity index is 2.02. The van der Waals surface area contributed by atoms with Gasteiger partial charge < -0.3 is 14.4 Å². The van der Waals surface area contributed by atoms with E-state index in [2.05, 4.69) is 15.9 Å². The van der Waals surface area contributed by atoms with Gasteiger partial charge in [0.1, 0.15) is 5.75 Å². The molecule has 1 fully saturated rings. The van der Waals surface area contributed by atoms with Gasteiger partial charge in [-0.2, -0.15) is 0 Å². The first-order valence-electron chi connectivity index (χ1n) is 7.24. The van der Waals surface area contributed by atoms with E-state index < -0.39 is 6.10 Å². The van der Waals surface area contributed by atoms with Crippen LogP contribution >= 0.6 is 15.9 Å². The molecule has 1 heterocycles. The van der Waals surface area contributed by atoms with E-state index in [1.54, 1.807) is 6.92 Å². The Morgan fingerprint density at radius 2 is 2.00 bits per heavy atom. The molecule has 2 rings (SSSR count). The van der Waals surface area contributed by atoms with E-state index in [4.69, 9.17) is 9.47 Å². The fourth-order valence-corrected chi connectivity index (χ4v) is 3.14. The summed E-state index contributed by atoms with van der Waals surface area (Å²) in [6.45, 7) is 9.01. The van der Waals surface area contributed by atoms with E-state index in [-0.39, 0.29) is 18.1 Å². The van der Waals surface area contributed by atoms with Crippen molar-refractivity contribution < 1.29 is 14.3 Å². The molecule has 0 N–H and O–H groups in total. The highest BCUT2D eigenvalue weighted by Crippen LogP contribution is 2.27. The minimum atomic E-state index is -0.512. The van der Waals surface area contributed by atoms with E-state index in [9.17, 15) is 4.79 Å². The van der Waals surface area contributed by atoms with Crippen LogP contribution in [-0.4, -0.2) is 42.2 Å². The number of amides is 1. The zero-order chi connectivity index (χ0) is 15.6. The summed E-state index contributed by atoms with van der Waals surface area (Å²) in [6, 6.07) is 5.83. The molecular formula is C16H22BrNO3. The number of aryl methyl sites for hydroxylation is 1. The van der Waals surface area contributed by atoms with Crippen molar-refractivity contribution in [3.05, 3.63) is 28.2 Å². The summed E-state index contributed by atoms with van der Waals surface area (Å²) in [6.07, 6.45) is -0.381. The molecule has 0 spiro atoms. The van der Waals surface area contributed by atoms with Crippen LogP contribution in [0.4, 0.5) is 0 Å². The van der Waals surface area contributed by atoms with E-state index in [0.29, 0.717) is 18.8 Å². The third-order valence-electron chi connectivity index (χ3n) is 3.47. The van der Waals surface area contributed by atoms with Crippen molar-refractivity contribution >= 4 is 21.8 Å². The Labute approximate surface area is 134 Å². The molecule has 0 bridgehead atoms. The number of morpholine rings is 1. The van der Waals surface area contributed by atoms with Gasteiger partial charge in [-0.25, -0.2) is 0 Å². The number of rotatable bonds is 3. The second kappa shape index (κ2) is 6.79. The fourth-order valence-electron chi connectivity index (χ4n) is 2.56. The molecule has 1 amide bonds. The van der Waals surface area contributed by atoms with E-state index in [1.807, 2.05) is 43.9 Å². The van der Waals surface area contributed by atoms with Crippen LogP contribution in [0.2, 0.25) is 0 Å². The van der Waals surface area contributed by atoms with Crippen molar-refractivity contribution in [3.8, 4) is 5.75 Å². The Kier molecular flexibility index (Phi) is 5.27. The van der Waals surface area contributed by atoms with E-state index in [1.165, 1.54) is 0 Å². The second-order valence-corrected chi connectivity index (χ2v) is 6.55. The van der Waals surface area contributed by atoms with Crippen molar-refractivity contribution in [2.24, 2.45) is 0 Å². The third-order valence-corrected chi connectivity index (χ3v) is 4.09. The van der Waals surface area contributed by atoms with E-state index in [0.717, 1.165) is 10.0 Å². The first-order valence-corrected chi connectivity index (χ1v) is 8.03. The molecule has 0 aliphatic carbocycles. The van der Waals surface area contributed by atoms with Crippen molar-refractivity contribution in [1.29, 1.82) is 0 Å². The molecule has 21 heavy (non-hydrogen) atoms. The summed E-state index contributed by atoms with van der Waals surface area (Å²) < 4.78 is 12.3. The molecule has 3 unspecified atom stereocenters. The summed E-state index contributed by atoms with van der Waals surface area (Å²) in [5.74, 6) is 0.695. The van der Waals surface area contributed by atoms with Gasteiger partial charge in [0.05, 0.1) is 16.7 Å². The van der Waals surface area contributed by atoms with Crippen LogP contribution in [0.3, 0.4) is 0 Å². The van der Waals surface area contributed by atoms with Crippen molar-refractivity contribution in [1.82, 2.24) is 4.90 Å². The van der Waals surface area contributed by atoms with Crippen molar-refractivity contribution in [3.63, 3.8) is 0 Å². The summed E-state index contributed by atoms with van der Waals surface area (Å²) in [7, 11) is 0. The van der Waals surface area contributed by atoms with Crippen LogP contribution < -0.4 is 4.74 Å². The Bertz CT molecular complexity index is 510. The minimum absolute atomic E-state index is 0.00414. The largest absolute Gasteiger partial charge is 0.480 e. The number of ether oxygens (including phenoxy) is 2. The van der Waals surface area contributed by atoms with Crippen LogP contribution in [0.1, 0.15) is 26.3 Å². The standard InChI is InChI=1S/C16H22BrNO3/c1-10-5-6-15(14(17)7-10)21-13(4)16(19)18-8-11(2)20-12(3)9-18/h5-7,11-13H,8-9H2,1-4H3. The molecule has 1 aliphatic heterocycles. The Morgan fingerprint density at radius 1 is 1.38 bits per heavy atom. The van der Waals surface area contributed by atoms with Crippen LogP contribution in [0.15, 0.2) is 22.7 Å². The molecule has 116 valence electrons. The molecule has 0 saturated carbocycles. The first-order chi connectivity index (χ1) is 9.86. The minimum Gasteiger partial charge on any atom is -0.480 e. The average Bonchev–Trinajstić information content (AvgIpc) is 2.40. The zero-order valence-electron chi connectivity index (χ0n) is 12.9. The van der Waals surface area contributed by atoms with Crippen LogP contribution in [0.5, 0.6) is 5.75 Å². The molecule has 0 aromatic heterocycles. The zero-order valence-corrected chi connectivity index (χ0v) is 14.5. The highest BCUT2D eigenvalue weighted by atomic mass is 79.9. The smallest absolute Gasteiger partial charge is 0.263 e. The number of nitrogens with zero attached hydrogens (tertiary/aromatic N) is 1.